The van der Waals surface area contributed by atoms with Crippen LogP contribution in [-0.2, 0) is 19.1 Å². The molecule has 0 saturated carbocycles. The van der Waals surface area contributed by atoms with Gasteiger partial charge in [0.15, 0.2) is 0 Å². The van der Waals surface area contributed by atoms with E-state index in [1.165, 1.54) is 0 Å². The van der Waals surface area contributed by atoms with Crippen LogP contribution in [0.15, 0.2) is 48.5 Å². The van der Waals surface area contributed by atoms with E-state index in [0.717, 1.165) is 82.3 Å². The van der Waals surface area contributed by atoms with Crippen LogP contribution in [0.5, 0.6) is 11.5 Å². The summed E-state index contributed by atoms with van der Waals surface area (Å²) in [6.45, 7) is 31.9. The van der Waals surface area contributed by atoms with E-state index in [0.29, 0.717) is 24.6 Å². The van der Waals surface area contributed by atoms with Crippen molar-refractivity contribution >= 4 is 0 Å². The highest BCUT2D eigenvalue weighted by molar-refractivity contribution is 5.29. The molecule has 11 nitrogen and oxygen atoms in total. The first-order valence-corrected chi connectivity index (χ1v) is 23.4. The Morgan fingerprint density at radius 2 is 0.918 bits per heavy atom. The van der Waals surface area contributed by atoms with Crippen molar-refractivity contribution < 1.29 is 38.8 Å². The third kappa shape index (κ3) is 15.4. The number of rotatable bonds is 25. The lowest BCUT2D eigenvalue weighted by atomic mass is 9.80. The Bertz CT molecular complexity index is 1400. The number of hydrogen-bond donors (Lipinski definition) is 2. The van der Waals surface area contributed by atoms with E-state index in [9.17, 15) is 10.2 Å². The summed E-state index contributed by atoms with van der Waals surface area (Å²) in [5, 5.41) is 26.4. The van der Waals surface area contributed by atoms with Gasteiger partial charge in [-0.2, -0.15) is 10.1 Å². The Kier molecular flexibility index (Phi) is 19.4. The fourth-order valence-electron chi connectivity index (χ4n) is 9.55. The van der Waals surface area contributed by atoms with Crippen LogP contribution in [0, 0.1) is 0 Å². The lowest BCUT2D eigenvalue weighted by Crippen LogP contribution is -2.62. The minimum atomic E-state index is -0.728. The third-order valence-electron chi connectivity index (χ3n) is 12.1. The van der Waals surface area contributed by atoms with Crippen molar-refractivity contribution in [2.45, 2.75) is 200 Å². The number of ether oxygens (including phenoxy) is 4. The lowest BCUT2D eigenvalue weighted by molar-refractivity contribution is -0.315. The molecule has 4 rings (SSSR count). The summed E-state index contributed by atoms with van der Waals surface area (Å²) in [4.78, 5) is 15.4. The van der Waals surface area contributed by atoms with Gasteiger partial charge in [-0.15, -0.1) is 0 Å². The predicted molar refractivity (Wildman–Crippen MR) is 245 cm³/mol. The van der Waals surface area contributed by atoms with Crippen LogP contribution in [0.4, 0.5) is 0 Å². The molecule has 0 bridgehead atoms. The number of benzene rings is 2. The molecule has 2 aliphatic rings. The standard InChI is InChI=1S/C50H85N3O8/c1-14-17-26-51(33-41(54)35-58-43-22-18-39(19-23-43)37(4)60-52-47(6,7)29-45(56-27-15-2)30-48(52,8)9)34-42(55)36-59-44-24-20-40(21-25-44)38(5)61-53-49(10,11)31-46(57-28-16-3)32-50(53,12)13/h18-25,37-38,41-42,45-46,54-55H,14-17,26-36H2,1-13H3. The van der Waals surface area contributed by atoms with Gasteiger partial charge in [0.2, 0.25) is 0 Å². The van der Waals surface area contributed by atoms with Crippen LogP contribution in [0.1, 0.15) is 165 Å². The van der Waals surface area contributed by atoms with Crippen molar-refractivity contribution in [3.63, 3.8) is 0 Å². The van der Waals surface area contributed by atoms with Crippen LogP contribution in [0.25, 0.3) is 0 Å². The van der Waals surface area contributed by atoms with Crippen molar-refractivity contribution in [2.24, 2.45) is 0 Å². The number of aliphatic hydroxyl groups excluding tert-OH is 2. The quantitative estimate of drug-likeness (QED) is 0.0998. The van der Waals surface area contributed by atoms with E-state index < -0.39 is 12.2 Å². The molecular weight excluding hydrogens is 771 g/mol. The number of hydrogen-bond acceptors (Lipinski definition) is 11. The summed E-state index contributed by atoms with van der Waals surface area (Å²) in [5.41, 5.74) is 1.39. The molecule has 0 aromatic heterocycles. The highest BCUT2D eigenvalue weighted by Gasteiger charge is 2.49. The molecule has 4 unspecified atom stereocenters. The normalized spacial score (nSPS) is 21.6. The lowest BCUT2D eigenvalue weighted by Gasteiger charge is -2.54. The maximum atomic E-state index is 11.0. The molecule has 0 spiro atoms. The molecule has 2 N–H and O–H groups in total. The van der Waals surface area contributed by atoms with E-state index in [2.05, 4.69) is 105 Å². The molecule has 2 heterocycles. The Morgan fingerprint density at radius 3 is 1.23 bits per heavy atom. The van der Waals surface area contributed by atoms with Gasteiger partial charge in [0.1, 0.15) is 49.1 Å². The first-order chi connectivity index (χ1) is 28.7. The topological polar surface area (TPSA) is 106 Å². The first kappa shape index (κ1) is 51.3. The number of hydroxylamine groups is 4. The van der Waals surface area contributed by atoms with Crippen molar-refractivity contribution in [1.29, 1.82) is 0 Å². The molecule has 2 aromatic carbocycles. The van der Waals surface area contributed by atoms with Gasteiger partial charge < -0.3 is 29.2 Å². The van der Waals surface area contributed by atoms with E-state index in [1.807, 2.05) is 48.5 Å². The summed E-state index contributed by atoms with van der Waals surface area (Å²) in [6, 6.07) is 15.9. The first-order valence-electron chi connectivity index (χ1n) is 23.4. The van der Waals surface area contributed by atoms with Gasteiger partial charge >= 0.3 is 0 Å². The smallest absolute Gasteiger partial charge is 0.119 e. The van der Waals surface area contributed by atoms with E-state index >= 15 is 0 Å². The van der Waals surface area contributed by atoms with Gasteiger partial charge in [0.05, 0.1) is 12.2 Å². The van der Waals surface area contributed by atoms with Crippen LogP contribution in [0.2, 0.25) is 0 Å². The molecule has 2 aromatic rings. The molecular formula is C50H85N3O8. The van der Waals surface area contributed by atoms with Gasteiger partial charge in [-0.1, -0.05) is 51.5 Å². The van der Waals surface area contributed by atoms with Crippen molar-refractivity contribution in [3.05, 3.63) is 59.7 Å². The second-order valence-electron chi connectivity index (χ2n) is 20.3. The second kappa shape index (κ2) is 23.0. The van der Waals surface area contributed by atoms with Crippen LogP contribution in [-0.4, -0.2) is 118 Å². The average molecular weight is 856 g/mol. The average Bonchev–Trinajstić information content (AvgIpc) is 3.19. The number of unbranched alkanes of at least 4 members (excludes halogenated alkanes) is 1. The van der Waals surface area contributed by atoms with Crippen LogP contribution in [0.3, 0.4) is 0 Å². The number of nitrogens with zero attached hydrogens (tertiary/aromatic N) is 3. The zero-order valence-electron chi connectivity index (χ0n) is 40.4. The molecule has 61 heavy (non-hydrogen) atoms. The van der Waals surface area contributed by atoms with Gasteiger partial charge in [0, 0.05) is 48.5 Å². The zero-order chi connectivity index (χ0) is 45.0. The predicted octanol–water partition coefficient (Wildman–Crippen LogP) is 9.85. The molecule has 2 aliphatic heterocycles. The van der Waals surface area contributed by atoms with E-state index in [-0.39, 0.29) is 59.8 Å². The molecule has 0 amide bonds. The summed E-state index contributed by atoms with van der Waals surface area (Å²) >= 11 is 0. The molecule has 11 heteroatoms. The van der Waals surface area contributed by atoms with Crippen LogP contribution >= 0.6 is 0 Å². The largest absolute Gasteiger partial charge is 0.491 e. The van der Waals surface area contributed by atoms with E-state index in [4.69, 9.17) is 28.6 Å². The number of piperidine rings is 2. The highest BCUT2D eigenvalue weighted by atomic mass is 16.7. The van der Waals surface area contributed by atoms with Gasteiger partial charge in [-0.25, -0.2) is 0 Å². The van der Waals surface area contributed by atoms with Crippen molar-refractivity contribution in [2.75, 3.05) is 46.1 Å². The molecule has 348 valence electrons. The summed E-state index contributed by atoms with van der Waals surface area (Å²) < 4.78 is 24.4. The summed E-state index contributed by atoms with van der Waals surface area (Å²) in [5.74, 6) is 1.38. The van der Waals surface area contributed by atoms with Gasteiger partial charge in [-0.3, -0.25) is 14.6 Å². The van der Waals surface area contributed by atoms with Gasteiger partial charge in [-0.05, 0) is 156 Å². The molecule has 0 radical (unpaired) electrons. The Morgan fingerprint density at radius 1 is 0.574 bits per heavy atom. The third-order valence-corrected chi connectivity index (χ3v) is 12.1. The maximum absolute atomic E-state index is 11.0. The highest BCUT2D eigenvalue weighted by Crippen LogP contribution is 2.43. The number of aliphatic hydroxyl groups is 2. The summed E-state index contributed by atoms with van der Waals surface area (Å²) in [7, 11) is 0. The maximum Gasteiger partial charge on any atom is 0.119 e. The molecule has 0 aliphatic carbocycles. The fourth-order valence-corrected chi connectivity index (χ4v) is 9.55. The minimum absolute atomic E-state index is 0.146. The molecule has 2 saturated heterocycles. The Hall–Kier alpha value is -2.32. The summed E-state index contributed by atoms with van der Waals surface area (Å²) in [6.07, 6.45) is 6.37. The van der Waals surface area contributed by atoms with E-state index in [1.54, 1.807) is 0 Å². The minimum Gasteiger partial charge on any atom is -0.491 e. The second-order valence-corrected chi connectivity index (χ2v) is 20.3. The Labute approximate surface area is 370 Å². The van der Waals surface area contributed by atoms with Gasteiger partial charge in [0.25, 0.3) is 0 Å². The monoisotopic (exact) mass is 856 g/mol. The van der Waals surface area contributed by atoms with Crippen molar-refractivity contribution in [3.8, 4) is 11.5 Å². The molecule has 2 fully saturated rings. The Balaban J connectivity index is 1.22. The fraction of sp³-hybridized carbons (Fsp3) is 0.760. The zero-order valence-corrected chi connectivity index (χ0v) is 40.4. The SMILES string of the molecule is CCCCN(CC(O)COc1ccc(C(C)ON2C(C)(C)CC(OCCC)CC2(C)C)cc1)CC(O)COc1ccc(C(C)ON2C(C)(C)CC(OCCC)CC2(C)C)cc1. The van der Waals surface area contributed by atoms with Crippen LogP contribution < -0.4 is 9.47 Å². The molecule has 4 atom stereocenters. The van der Waals surface area contributed by atoms with Crippen molar-refractivity contribution in [1.82, 2.24) is 15.0 Å².